The number of carbonyl (C=O) groups excluding carboxylic acids is 1. The van der Waals surface area contributed by atoms with Crippen molar-refractivity contribution in [1.29, 1.82) is 0 Å². The van der Waals surface area contributed by atoms with Crippen LogP contribution < -0.4 is 10.2 Å². The first-order valence-corrected chi connectivity index (χ1v) is 9.88. The first kappa shape index (κ1) is 22.5. The fourth-order valence-corrected chi connectivity index (χ4v) is 3.78. The number of aliphatic hydroxyl groups is 3. The molecule has 0 aliphatic carbocycles. The number of likely N-dealkylation sites (tertiary alicyclic amines) is 1. The second kappa shape index (κ2) is 9.60. The van der Waals surface area contributed by atoms with Gasteiger partial charge in [-0.3, -0.25) is 15.0 Å². The van der Waals surface area contributed by atoms with Crippen LogP contribution in [-0.2, 0) is 0 Å². The minimum Gasteiger partial charge on any atom is -0.368 e. The number of piperidine rings is 1. The summed E-state index contributed by atoms with van der Waals surface area (Å²) in [5.74, 6) is -1.15. The lowest BCUT2D eigenvalue weighted by molar-refractivity contribution is -0.323. The molecule has 1 amide bonds. The highest BCUT2D eigenvalue weighted by Crippen LogP contribution is 2.27. The van der Waals surface area contributed by atoms with Gasteiger partial charge in [-0.2, -0.15) is 4.39 Å². The molecule has 4 N–H and O–H groups in total. The van der Waals surface area contributed by atoms with Crippen molar-refractivity contribution in [2.45, 2.75) is 52.2 Å². The van der Waals surface area contributed by atoms with Gasteiger partial charge in [0, 0.05) is 25.7 Å². The van der Waals surface area contributed by atoms with Gasteiger partial charge in [-0.05, 0) is 43.9 Å². The molecule has 1 aromatic rings. The van der Waals surface area contributed by atoms with Crippen LogP contribution in [0.3, 0.4) is 0 Å². The highest BCUT2D eigenvalue weighted by Gasteiger charge is 2.30. The van der Waals surface area contributed by atoms with Crippen LogP contribution in [0.2, 0.25) is 0 Å². The molecule has 0 radical (unpaired) electrons. The van der Waals surface area contributed by atoms with E-state index in [1.165, 1.54) is 23.9 Å². The molecule has 0 unspecified atom stereocenters. The maximum Gasteiger partial charge on any atom is 0.369 e. The molecule has 2 aliphatic heterocycles. The molecule has 0 spiro atoms. The lowest BCUT2D eigenvalue weighted by Crippen LogP contribution is -2.48. The number of pyridine rings is 1. The van der Waals surface area contributed by atoms with Gasteiger partial charge in [0.15, 0.2) is 0 Å². The van der Waals surface area contributed by atoms with Gasteiger partial charge in [0.25, 0.3) is 5.91 Å². The summed E-state index contributed by atoms with van der Waals surface area (Å²) in [4.78, 5) is 19.7. The van der Waals surface area contributed by atoms with Crippen molar-refractivity contribution in [3.8, 4) is 0 Å². The number of aromatic nitrogens is 1. The third kappa shape index (κ3) is 5.84. The predicted molar refractivity (Wildman–Crippen MR) is 103 cm³/mol. The summed E-state index contributed by atoms with van der Waals surface area (Å²) in [6, 6.07) is 3.26. The highest BCUT2D eigenvalue weighted by molar-refractivity contribution is 5.92. The second-order valence-corrected chi connectivity index (χ2v) is 7.20. The first-order valence-electron chi connectivity index (χ1n) is 9.88. The molecule has 1 atom stereocenters. The summed E-state index contributed by atoms with van der Waals surface area (Å²) in [7, 11) is 0. The smallest absolute Gasteiger partial charge is 0.368 e. The van der Waals surface area contributed by atoms with E-state index in [4.69, 9.17) is 15.3 Å². The Morgan fingerprint density at radius 2 is 1.82 bits per heavy atom. The SMILES string of the molecule is CC.C[C@H]1CCN(C2CCN(c3ccc(C(=O)NC(O)(O)O)nc3F)CC2)C1. The third-order valence-corrected chi connectivity index (χ3v) is 5.12. The van der Waals surface area contributed by atoms with Crippen LogP contribution in [-0.4, -0.2) is 69.4 Å². The summed E-state index contributed by atoms with van der Waals surface area (Å²) < 4.78 is 14.3. The molecule has 2 aliphatic rings. The lowest BCUT2D eigenvalue weighted by Gasteiger charge is -2.37. The fraction of sp³-hybridized carbons (Fsp3) is 0.684. The van der Waals surface area contributed by atoms with E-state index in [-0.39, 0.29) is 5.69 Å². The number of nitrogens with one attached hydrogen (secondary N) is 1. The zero-order chi connectivity index (χ0) is 20.9. The Kier molecular flexibility index (Phi) is 7.70. The van der Waals surface area contributed by atoms with Crippen LogP contribution in [0.4, 0.5) is 10.1 Å². The zero-order valence-corrected chi connectivity index (χ0v) is 16.7. The van der Waals surface area contributed by atoms with Crippen molar-refractivity contribution < 1.29 is 24.5 Å². The van der Waals surface area contributed by atoms with Crippen LogP contribution in [0.15, 0.2) is 12.1 Å². The minimum absolute atomic E-state index is 0.318. The number of hydrogen-bond acceptors (Lipinski definition) is 7. The molecule has 2 saturated heterocycles. The molecule has 2 fully saturated rings. The van der Waals surface area contributed by atoms with Gasteiger partial charge < -0.3 is 20.2 Å². The molecule has 0 bridgehead atoms. The summed E-state index contributed by atoms with van der Waals surface area (Å²) in [6.45, 7) is 9.96. The Balaban J connectivity index is 0.00000136. The number of anilines is 1. The van der Waals surface area contributed by atoms with Crippen molar-refractivity contribution >= 4 is 11.6 Å². The van der Waals surface area contributed by atoms with Crippen LogP contribution >= 0.6 is 0 Å². The van der Waals surface area contributed by atoms with Crippen molar-refractivity contribution in [3.63, 3.8) is 0 Å². The van der Waals surface area contributed by atoms with Gasteiger partial charge >= 0.3 is 6.10 Å². The Hall–Kier alpha value is -1.81. The molecule has 0 aromatic carbocycles. The predicted octanol–water partition coefficient (Wildman–Crippen LogP) is 0.875. The van der Waals surface area contributed by atoms with Gasteiger partial charge in [-0.1, -0.05) is 20.8 Å². The van der Waals surface area contributed by atoms with E-state index >= 15 is 0 Å². The highest BCUT2D eigenvalue weighted by atomic mass is 19.1. The maximum absolute atomic E-state index is 14.3. The number of hydrogen-bond donors (Lipinski definition) is 4. The van der Waals surface area contributed by atoms with Gasteiger partial charge in [0.1, 0.15) is 5.69 Å². The average Bonchev–Trinajstić information content (AvgIpc) is 3.08. The van der Waals surface area contributed by atoms with E-state index < -0.39 is 18.0 Å². The van der Waals surface area contributed by atoms with Crippen LogP contribution in [0.1, 0.15) is 50.5 Å². The largest absolute Gasteiger partial charge is 0.369 e. The van der Waals surface area contributed by atoms with E-state index in [0.29, 0.717) is 24.8 Å². The molecular weight excluding hydrogens is 367 g/mol. The van der Waals surface area contributed by atoms with Gasteiger partial charge in [0.2, 0.25) is 5.95 Å². The lowest BCUT2D eigenvalue weighted by atomic mass is 10.0. The Morgan fingerprint density at radius 3 is 2.32 bits per heavy atom. The fourth-order valence-electron chi connectivity index (χ4n) is 3.78. The summed E-state index contributed by atoms with van der Waals surface area (Å²) in [5.41, 5.74) is -0.0354. The molecular formula is C19H31FN4O4. The molecule has 3 rings (SSSR count). The number of nitrogens with zero attached hydrogens (tertiary/aromatic N) is 3. The van der Waals surface area contributed by atoms with E-state index in [1.807, 2.05) is 18.7 Å². The molecule has 8 nitrogen and oxygen atoms in total. The van der Waals surface area contributed by atoms with Gasteiger partial charge in [-0.25, -0.2) is 4.98 Å². The topological polar surface area (TPSA) is 109 Å². The zero-order valence-electron chi connectivity index (χ0n) is 16.7. The molecule has 0 saturated carbocycles. The molecule has 3 heterocycles. The Labute approximate surface area is 165 Å². The summed E-state index contributed by atoms with van der Waals surface area (Å²) in [5, 5.41) is 27.7. The first-order chi connectivity index (χ1) is 13.2. The van der Waals surface area contributed by atoms with Crippen LogP contribution in [0.25, 0.3) is 0 Å². The second-order valence-electron chi connectivity index (χ2n) is 7.20. The van der Waals surface area contributed by atoms with Crippen molar-refractivity contribution in [2.75, 3.05) is 31.1 Å². The van der Waals surface area contributed by atoms with Crippen molar-refractivity contribution in [1.82, 2.24) is 15.2 Å². The third-order valence-electron chi connectivity index (χ3n) is 5.12. The maximum atomic E-state index is 14.3. The average molecular weight is 398 g/mol. The van der Waals surface area contributed by atoms with E-state index in [0.717, 1.165) is 31.8 Å². The monoisotopic (exact) mass is 398 g/mol. The minimum atomic E-state index is -3.37. The van der Waals surface area contributed by atoms with E-state index in [2.05, 4.69) is 16.8 Å². The normalized spacial score (nSPS) is 21.2. The van der Waals surface area contributed by atoms with E-state index in [9.17, 15) is 9.18 Å². The van der Waals surface area contributed by atoms with Crippen LogP contribution in [0, 0.1) is 11.9 Å². The Bertz CT molecular complexity index is 660. The standard InChI is InChI=1S/C17H25FN4O4.C2H6/c1-11-4-7-22(10-11)12-5-8-21(9-6-12)14-3-2-13(19-15(14)18)16(23)20-17(24,25)26;1-2/h2-3,11-12,24-26H,4-10H2,1H3,(H,20,23);1-2H3/t11-;/m0./s1. The van der Waals surface area contributed by atoms with E-state index in [1.54, 1.807) is 0 Å². The number of rotatable bonds is 4. The van der Waals surface area contributed by atoms with Crippen molar-refractivity contribution in [2.24, 2.45) is 5.92 Å². The molecule has 9 heteroatoms. The van der Waals surface area contributed by atoms with Crippen LogP contribution in [0.5, 0.6) is 0 Å². The summed E-state index contributed by atoms with van der Waals surface area (Å²) >= 11 is 0. The number of amides is 1. The molecule has 158 valence electrons. The summed E-state index contributed by atoms with van der Waals surface area (Å²) in [6.07, 6.45) is -0.227. The van der Waals surface area contributed by atoms with Gasteiger partial charge in [0.05, 0.1) is 5.69 Å². The van der Waals surface area contributed by atoms with Gasteiger partial charge in [-0.15, -0.1) is 0 Å². The molecule has 1 aromatic heterocycles. The van der Waals surface area contributed by atoms with Crippen molar-refractivity contribution in [3.05, 3.63) is 23.8 Å². The quantitative estimate of drug-likeness (QED) is 0.440. The number of carbonyl (C=O) groups is 1. The molecule has 28 heavy (non-hydrogen) atoms. The number of halogens is 1. The Morgan fingerprint density at radius 1 is 1.18 bits per heavy atom.